The standard InChI is InChI=1S/C22H21ClFN3O/c1-2-15-3-5-16(6-4-15)9-11-25-21-13-17(10-12-26-21)22(28)27-18-7-8-20(24)19(23)14-18/h3-8,10,12-14H,2,9,11H2,1H3,(H,25,26)(H,27,28). The molecule has 0 aliphatic carbocycles. The van der Waals surface area contributed by atoms with Crippen molar-refractivity contribution >= 4 is 29.0 Å². The highest BCUT2D eigenvalue weighted by atomic mass is 35.5. The first-order valence-corrected chi connectivity index (χ1v) is 9.47. The van der Waals surface area contributed by atoms with Gasteiger partial charge in [-0.1, -0.05) is 42.8 Å². The van der Waals surface area contributed by atoms with Gasteiger partial charge in [0.05, 0.1) is 5.02 Å². The van der Waals surface area contributed by atoms with Gasteiger partial charge in [0.15, 0.2) is 0 Å². The molecule has 0 fully saturated rings. The number of anilines is 2. The van der Waals surface area contributed by atoms with Gasteiger partial charge in [-0.2, -0.15) is 0 Å². The van der Waals surface area contributed by atoms with Gasteiger partial charge in [0.1, 0.15) is 11.6 Å². The van der Waals surface area contributed by atoms with E-state index in [4.69, 9.17) is 11.6 Å². The van der Waals surface area contributed by atoms with E-state index in [0.717, 1.165) is 12.8 Å². The number of benzene rings is 2. The molecule has 2 N–H and O–H groups in total. The van der Waals surface area contributed by atoms with Crippen LogP contribution in [0.2, 0.25) is 5.02 Å². The van der Waals surface area contributed by atoms with Crippen LogP contribution in [0.1, 0.15) is 28.4 Å². The van der Waals surface area contributed by atoms with Crippen LogP contribution in [-0.4, -0.2) is 17.4 Å². The van der Waals surface area contributed by atoms with Crippen molar-refractivity contribution in [2.45, 2.75) is 19.8 Å². The maximum atomic E-state index is 13.2. The van der Waals surface area contributed by atoms with Crippen LogP contribution in [0.5, 0.6) is 0 Å². The van der Waals surface area contributed by atoms with E-state index >= 15 is 0 Å². The van der Waals surface area contributed by atoms with Gasteiger partial charge in [0.2, 0.25) is 0 Å². The molecule has 1 aromatic heterocycles. The molecule has 0 spiro atoms. The molecule has 0 aliphatic heterocycles. The van der Waals surface area contributed by atoms with Crippen LogP contribution in [0.4, 0.5) is 15.9 Å². The Balaban J connectivity index is 1.58. The van der Waals surface area contributed by atoms with E-state index in [-0.39, 0.29) is 10.9 Å². The van der Waals surface area contributed by atoms with E-state index in [1.807, 2.05) is 0 Å². The predicted octanol–water partition coefficient (Wildman–Crippen LogP) is 5.34. The molecule has 1 amide bonds. The summed E-state index contributed by atoms with van der Waals surface area (Å²) in [5.74, 6) is -0.224. The third-order valence-electron chi connectivity index (χ3n) is 4.35. The predicted molar refractivity (Wildman–Crippen MR) is 112 cm³/mol. The second-order valence-electron chi connectivity index (χ2n) is 6.36. The SMILES string of the molecule is CCc1ccc(CCNc2cc(C(=O)Nc3ccc(F)c(Cl)c3)ccn2)cc1. The molecule has 0 atom stereocenters. The van der Waals surface area contributed by atoms with Crippen LogP contribution < -0.4 is 10.6 Å². The van der Waals surface area contributed by atoms with Crippen molar-refractivity contribution in [2.75, 3.05) is 17.2 Å². The number of amides is 1. The first kappa shape index (κ1) is 19.8. The Labute approximate surface area is 168 Å². The largest absolute Gasteiger partial charge is 0.370 e. The van der Waals surface area contributed by atoms with E-state index in [0.29, 0.717) is 23.6 Å². The molecule has 3 rings (SSSR count). The fourth-order valence-electron chi connectivity index (χ4n) is 2.72. The van der Waals surface area contributed by atoms with Crippen LogP contribution in [0, 0.1) is 5.82 Å². The molecule has 3 aromatic rings. The summed E-state index contributed by atoms with van der Waals surface area (Å²) in [5, 5.41) is 5.90. The molecule has 0 saturated heterocycles. The van der Waals surface area contributed by atoms with E-state index in [9.17, 15) is 9.18 Å². The van der Waals surface area contributed by atoms with E-state index in [1.54, 1.807) is 18.3 Å². The lowest BCUT2D eigenvalue weighted by molar-refractivity contribution is 0.102. The average molecular weight is 398 g/mol. The van der Waals surface area contributed by atoms with Gasteiger partial charge in [-0.15, -0.1) is 0 Å². The number of carbonyl (C=O) groups is 1. The number of rotatable bonds is 7. The number of aromatic nitrogens is 1. The summed E-state index contributed by atoms with van der Waals surface area (Å²) >= 11 is 5.75. The minimum absolute atomic E-state index is 0.0400. The molecular weight excluding hydrogens is 377 g/mol. The van der Waals surface area contributed by atoms with E-state index in [2.05, 4.69) is 46.8 Å². The molecule has 6 heteroatoms. The van der Waals surface area contributed by atoms with Gasteiger partial charge < -0.3 is 10.6 Å². The lowest BCUT2D eigenvalue weighted by Gasteiger charge is -2.09. The topological polar surface area (TPSA) is 54.0 Å². The van der Waals surface area contributed by atoms with Crippen molar-refractivity contribution in [1.29, 1.82) is 0 Å². The van der Waals surface area contributed by atoms with Crippen LogP contribution in [0.25, 0.3) is 0 Å². The van der Waals surface area contributed by atoms with Crippen LogP contribution >= 0.6 is 11.6 Å². The monoisotopic (exact) mass is 397 g/mol. The summed E-state index contributed by atoms with van der Waals surface area (Å²) in [6.07, 6.45) is 3.46. The maximum Gasteiger partial charge on any atom is 0.255 e. The fraction of sp³-hybridized carbons (Fsp3) is 0.182. The molecule has 0 saturated carbocycles. The summed E-state index contributed by atoms with van der Waals surface area (Å²) in [6, 6.07) is 15.9. The number of nitrogens with one attached hydrogen (secondary N) is 2. The number of pyridine rings is 1. The quantitative estimate of drug-likeness (QED) is 0.565. The van der Waals surface area contributed by atoms with Crippen molar-refractivity contribution in [2.24, 2.45) is 0 Å². The average Bonchev–Trinajstić information content (AvgIpc) is 2.71. The Morgan fingerprint density at radius 3 is 2.54 bits per heavy atom. The number of nitrogens with zero attached hydrogens (tertiary/aromatic N) is 1. The van der Waals surface area contributed by atoms with Crippen LogP contribution in [-0.2, 0) is 12.8 Å². The van der Waals surface area contributed by atoms with Crippen LogP contribution in [0.3, 0.4) is 0 Å². The molecule has 2 aromatic carbocycles. The zero-order chi connectivity index (χ0) is 19.9. The molecule has 0 radical (unpaired) electrons. The smallest absolute Gasteiger partial charge is 0.255 e. The normalized spacial score (nSPS) is 10.5. The molecule has 4 nitrogen and oxygen atoms in total. The first-order valence-electron chi connectivity index (χ1n) is 9.09. The van der Waals surface area contributed by atoms with Crippen LogP contribution in [0.15, 0.2) is 60.8 Å². The third kappa shape index (κ3) is 5.30. The molecular formula is C22H21ClFN3O. The Morgan fingerprint density at radius 1 is 1.07 bits per heavy atom. The third-order valence-corrected chi connectivity index (χ3v) is 4.64. The number of hydrogen-bond donors (Lipinski definition) is 2. The Hall–Kier alpha value is -2.92. The van der Waals surface area contributed by atoms with Gasteiger partial charge in [0, 0.05) is 24.0 Å². The minimum atomic E-state index is -0.528. The van der Waals surface area contributed by atoms with Gasteiger partial charge in [-0.05, 0) is 54.3 Å². The van der Waals surface area contributed by atoms with Crippen molar-refractivity contribution in [1.82, 2.24) is 4.98 Å². The van der Waals surface area contributed by atoms with Gasteiger partial charge in [-0.3, -0.25) is 4.79 Å². The minimum Gasteiger partial charge on any atom is -0.370 e. The lowest BCUT2D eigenvalue weighted by atomic mass is 10.1. The zero-order valence-electron chi connectivity index (χ0n) is 15.5. The Morgan fingerprint density at radius 2 is 1.82 bits per heavy atom. The highest BCUT2D eigenvalue weighted by Crippen LogP contribution is 2.20. The van der Waals surface area contributed by atoms with Gasteiger partial charge in [0.25, 0.3) is 5.91 Å². The Kier molecular flexibility index (Phi) is 6.61. The summed E-state index contributed by atoms with van der Waals surface area (Å²) in [5.41, 5.74) is 3.44. The van der Waals surface area contributed by atoms with E-state index in [1.165, 1.54) is 29.3 Å². The van der Waals surface area contributed by atoms with Crippen molar-refractivity contribution in [3.8, 4) is 0 Å². The van der Waals surface area contributed by atoms with Crippen molar-refractivity contribution < 1.29 is 9.18 Å². The van der Waals surface area contributed by atoms with Crippen molar-refractivity contribution in [3.05, 3.63) is 88.3 Å². The summed E-state index contributed by atoms with van der Waals surface area (Å²) in [4.78, 5) is 16.7. The number of carbonyl (C=O) groups excluding carboxylic acids is 1. The maximum absolute atomic E-state index is 13.2. The number of halogens is 2. The van der Waals surface area contributed by atoms with Crippen molar-refractivity contribution in [3.63, 3.8) is 0 Å². The molecule has 144 valence electrons. The second-order valence-corrected chi connectivity index (χ2v) is 6.77. The number of hydrogen-bond acceptors (Lipinski definition) is 3. The van der Waals surface area contributed by atoms with Gasteiger partial charge >= 0.3 is 0 Å². The Bertz CT molecular complexity index is 960. The first-order chi connectivity index (χ1) is 13.5. The zero-order valence-corrected chi connectivity index (χ0v) is 16.3. The van der Waals surface area contributed by atoms with E-state index < -0.39 is 5.82 Å². The summed E-state index contributed by atoms with van der Waals surface area (Å²) in [6.45, 7) is 2.84. The van der Waals surface area contributed by atoms with Gasteiger partial charge in [-0.25, -0.2) is 9.37 Å². The molecule has 0 unspecified atom stereocenters. The summed E-state index contributed by atoms with van der Waals surface area (Å²) < 4.78 is 13.2. The summed E-state index contributed by atoms with van der Waals surface area (Å²) in [7, 11) is 0. The second kappa shape index (κ2) is 9.33. The highest BCUT2D eigenvalue weighted by molar-refractivity contribution is 6.31. The fourth-order valence-corrected chi connectivity index (χ4v) is 2.90. The molecule has 0 bridgehead atoms. The number of aryl methyl sites for hydroxylation is 1. The molecule has 0 aliphatic rings. The lowest BCUT2D eigenvalue weighted by Crippen LogP contribution is -2.13. The molecule has 1 heterocycles. The molecule has 28 heavy (non-hydrogen) atoms. The highest BCUT2D eigenvalue weighted by Gasteiger charge is 2.09.